The molecule has 1 N–H and O–H groups in total. The van der Waals surface area contributed by atoms with Crippen LogP contribution in [0.3, 0.4) is 0 Å². The molecule has 1 atom stereocenters. The van der Waals surface area contributed by atoms with Crippen molar-refractivity contribution in [2.24, 2.45) is 0 Å². The molecule has 0 saturated heterocycles. The molecule has 0 aliphatic carbocycles. The van der Waals surface area contributed by atoms with Gasteiger partial charge in [0, 0.05) is 6.04 Å². The first kappa shape index (κ1) is 10.6. The van der Waals surface area contributed by atoms with Gasteiger partial charge in [-0.25, -0.2) is 0 Å². The Morgan fingerprint density at radius 2 is 2.23 bits per heavy atom. The highest BCUT2D eigenvalue weighted by Crippen LogP contribution is 2.20. The fourth-order valence-corrected chi connectivity index (χ4v) is 2.07. The van der Waals surface area contributed by atoms with Gasteiger partial charge in [0.05, 0.1) is 10.6 Å². The highest BCUT2D eigenvalue weighted by atomic mass is 32.1. The summed E-state index contributed by atoms with van der Waals surface area (Å²) >= 11 is 1.51. The van der Waals surface area contributed by atoms with E-state index >= 15 is 0 Å². The first-order valence-corrected chi connectivity index (χ1v) is 5.61. The predicted octanol–water partition coefficient (Wildman–Crippen LogP) is 2.16. The molecule has 0 spiro atoms. The van der Waals surface area contributed by atoms with Crippen LogP contribution in [0.5, 0.6) is 0 Å². The van der Waals surface area contributed by atoms with E-state index in [1.54, 1.807) is 0 Å². The summed E-state index contributed by atoms with van der Waals surface area (Å²) in [6.07, 6.45) is 2.18. The average molecular weight is 199 g/mol. The van der Waals surface area contributed by atoms with Gasteiger partial charge in [0.1, 0.15) is 0 Å². The van der Waals surface area contributed by atoms with E-state index in [4.69, 9.17) is 0 Å². The number of hydrogen-bond donors (Lipinski definition) is 1. The highest BCUT2D eigenvalue weighted by Gasteiger charge is 2.12. The van der Waals surface area contributed by atoms with E-state index in [-0.39, 0.29) is 0 Å². The van der Waals surface area contributed by atoms with E-state index in [1.807, 2.05) is 0 Å². The number of aromatic nitrogens is 2. The zero-order chi connectivity index (χ0) is 9.68. The Kier molecular flexibility index (Phi) is 4.32. The Labute approximate surface area is 83.7 Å². The minimum absolute atomic E-state index is 0.395. The molecule has 1 heterocycles. The third kappa shape index (κ3) is 2.74. The molecule has 0 aliphatic rings. The van der Waals surface area contributed by atoms with Crippen molar-refractivity contribution in [1.29, 1.82) is 0 Å². The van der Waals surface area contributed by atoms with Gasteiger partial charge >= 0.3 is 0 Å². The van der Waals surface area contributed by atoms with Crippen LogP contribution in [-0.2, 0) is 6.42 Å². The van der Waals surface area contributed by atoms with Crippen molar-refractivity contribution in [3.8, 4) is 0 Å². The monoisotopic (exact) mass is 199 g/mol. The predicted molar refractivity (Wildman–Crippen MR) is 56.0 cm³/mol. The van der Waals surface area contributed by atoms with Gasteiger partial charge < -0.3 is 5.32 Å². The molecule has 4 heteroatoms. The second kappa shape index (κ2) is 5.29. The van der Waals surface area contributed by atoms with Gasteiger partial charge in [0.25, 0.3) is 0 Å². The zero-order valence-electron chi connectivity index (χ0n) is 8.50. The van der Waals surface area contributed by atoms with Crippen molar-refractivity contribution in [3.63, 3.8) is 0 Å². The van der Waals surface area contributed by atoms with Gasteiger partial charge in [0.15, 0.2) is 0 Å². The maximum Gasteiger partial charge on any atom is 0.0803 e. The van der Waals surface area contributed by atoms with Gasteiger partial charge in [-0.05, 0) is 31.4 Å². The summed E-state index contributed by atoms with van der Waals surface area (Å²) in [6, 6.07) is 0.395. The van der Waals surface area contributed by atoms with Crippen LogP contribution in [0, 0.1) is 0 Å². The van der Waals surface area contributed by atoms with Crippen LogP contribution in [-0.4, -0.2) is 16.1 Å². The molecule has 0 saturated carbocycles. The fourth-order valence-electron chi connectivity index (χ4n) is 1.35. The third-order valence-corrected chi connectivity index (χ3v) is 2.92. The molecule has 0 fully saturated rings. The number of hydrogen-bond acceptors (Lipinski definition) is 4. The summed E-state index contributed by atoms with van der Waals surface area (Å²) in [4.78, 5) is 1.30. The molecule has 13 heavy (non-hydrogen) atoms. The van der Waals surface area contributed by atoms with E-state index in [9.17, 15) is 0 Å². The first-order chi connectivity index (χ1) is 6.29. The maximum atomic E-state index is 4.14. The van der Waals surface area contributed by atoms with Crippen molar-refractivity contribution >= 4 is 11.5 Å². The molecule has 0 bridgehead atoms. The number of aryl methyl sites for hydroxylation is 1. The number of rotatable bonds is 5. The lowest BCUT2D eigenvalue weighted by Gasteiger charge is -2.10. The van der Waals surface area contributed by atoms with Gasteiger partial charge in [-0.1, -0.05) is 24.8 Å². The van der Waals surface area contributed by atoms with E-state index in [0.717, 1.165) is 19.4 Å². The summed E-state index contributed by atoms with van der Waals surface area (Å²) in [5.41, 5.74) is 1.17. The highest BCUT2D eigenvalue weighted by molar-refractivity contribution is 7.05. The van der Waals surface area contributed by atoms with Crippen LogP contribution in [0.25, 0.3) is 0 Å². The van der Waals surface area contributed by atoms with E-state index in [2.05, 4.69) is 35.7 Å². The molecule has 0 radical (unpaired) electrons. The topological polar surface area (TPSA) is 37.8 Å². The Morgan fingerprint density at radius 3 is 2.85 bits per heavy atom. The first-order valence-electron chi connectivity index (χ1n) is 4.84. The van der Waals surface area contributed by atoms with Crippen LogP contribution in [0.1, 0.15) is 43.8 Å². The SMILES string of the molecule is CCCc1nnsc1C(C)NCC. The van der Waals surface area contributed by atoms with Crippen LogP contribution in [0.2, 0.25) is 0 Å². The third-order valence-electron chi connectivity index (χ3n) is 1.98. The lowest BCUT2D eigenvalue weighted by molar-refractivity contribution is 0.599. The van der Waals surface area contributed by atoms with E-state index in [1.165, 1.54) is 22.1 Å². The minimum atomic E-state index is 0.395. The lowest BCUT2D eigenvalue weighted by atomic mass is 10.1. The summed E-state index contributed by atoms with van der Waals surface area (Å²) < 4.78 is 4.00. The van der Waals surface area contributed by atoms with Crippen LogP contribution in [0.15, 0.2) is 0 Å². The van der Waals surface area contributed by atoms with Crippen LogP contribution >= 0.6 is 11.5 Å². The second-order valence-corrected chi connectivity index (χ2v) is 3.90. The summed E-state index contributed by atoms with van der Waals surface area (Å²) in [5.74, 6) is 0. The lowest BCUT2D eigenvalue weighted by Crippen LogP contribution is -2.17. The molecule has 1 aromatic heterocycles. The van der Waals surface area contributed by atoms with Crippen molar-refractivity contribution < 1.29 is 0 Å². The number of nitrogens with one attached hydrogen (secondary N) is 1. The van der Waals surface area contributed by atoms with Crippen LogP contribution in [0.4, 0.5) is 0 Å². The van der Waals surface area contributed by atoms with Crippen LogP contribution < -0.4 is 5.32 Å². The molecule has 0 aromatic carbocycles. The molecule has 1 aromatic rings. The molecular weight excluding hydrogens is 182 g/mol. The fraction of sp³-hybridized carbons (Fsp3) is 0.778. The molecule has 3 nitrogen and oxygen atoms in total. The standard InChI is InChI=1S/C9H17N3S/c1-4-6-8-9(13-12-11-8)7(3)10-5-2/h7,10H,4-6H2,1-3H3. The Bertz CT molecular complexity index is 247. The van der Waals surface area contributed by atoms with Crippen molar-refractivity contribution in [2.45, 2.75) is 39.7 Å². The van der Waals surface area contributed by atoms with Crippen molar-refractivity contribution in [1.82, 2.24) is 14.9 Å². The molecule has 0 amide bonds. The Morgan fingerprint density at radius 1 is 1.46 bits per heavy atom. The molecule has 74 valence electrons. The summed E-state index contributed by atoms with van der Waals surface area (Å²) in [7, 11) is 0. The number of nitrogens with zero attached hydrogens (tertiary/aromatic N) is 2. The van der Waals surface area contributed by atoms with Gasteiger partial charge in [-0.3, -0.25) is 0 Å². The normalized spacial score (nSPS) is 13.2. The quantitative estimate of drug-likeness (QED) is 0.789. The van der Waals surface area contributed by atoms with Gasteiger partial charge in [-0.15, -0.1) is 5.10 Å². The summed E-state index contributed by atoms with van der Waals surface area (Å²) in [5, 5.41) is 7.51. The van der Waals surface area contributed by atoms with Gasteiger partial charge in [-0.2, -0.15) is 0 Å². The Balaban J connectivity index is 2.68. The van der Waals surface area contributed by atoms with Crippen molar-refractivity contribution in [2.75, 3.05) is 6.54 Å². The zero-order valence-corrected chi connectivity index (χ0v) is 9.32. The maximum absolute atomic E-state index is 4.14. The van der Waals surface area contributed by atoms with E-state index < -0.39 is 0 Å². The second-order valence-electron chi connectivity index (χ2n) is 3.11. The summed E-state index contributed by atoms with van der Waals surface area (Å²) in [6.45, 7) is 7.44. The molecule has 1 rings (SSSR count). The average Bonchev–Trinajstić information content (AvgIpc) is 2.54. The largest absolute Gasteiger partial charge is 0.310 e. The smallest absolute Gasteiger partial charge is 0.0803 e. The molecule has 0 aliphatic heterocycles. The van der Waals surface area contributed by atoms with Crippen molar-refractivity contribution in [3.05, 3.63) is 10.6 Å². The van der Waals surface area contributed by atoms with Gasteiger partial charge in [0.2, 0.25) is 0 Å². The van der Waals surface area contributed by atoms with E-state index in [0.29, 0.717) is 6.04 Å². The Hall–Kier alpha value is -0.480. The molecular formula is C9H17N3S. The molecule has 1 unspecified atom stereocenters. The minimum Gasteiger partial charge on any atom is -0.310 e.